The van der Waals surface area contributed by atoms with Crippen molar-refractivity contribution < 1.29 is 27.5 Å². The van der Waals surface area contributed by atoms with Crippen LogP contribution in [0.5, 0.6) is 0 Å². The molecule has 0 aromatic carbocycles. The first-order valence-corrected chi connectivity index (χ1v) is 9.52. The standard InChI is InChI=1S/C19H22F3N5O3/c1-3-30-18(29)26-8-4-5-13(11-26)17(28)24-16-9-12(2)25-27(16)15-7-6-14(10-23-15)19(20,21)22/h6-7,9-10,13H,3-5,8,11H2,1-2H3,(H,24,28). The van der Waals surface area contributed by atoms with Gasteiger partial charge in [-0.15, -0.1) is 0 Å². The van der Waals surface area contributed by atoms with Gasteiger partial charge in [0.05, 0.1) is 23.8 Å². The first-order valence-electron chi connectivity index (χ1n) is 9.52. The molecule has 2 amide bonds. The van der Waals surface area contributed by atoms with E-state index in [9.17, 15) is 22.8 Å². The smallest absolute Gasteiger partial charge is 0.417 e. The molecule has 1 unspecified atom stereocenters. The van der Waals surface area contributed by atoms with E-state index in [1.54, 1.807) is 19.9 Å². The fourth-order valence-corrected chi connectivity index (χ4v) is 3.24. The molecule has 30 heavy (non-hydrogen) atoms. The Bertz CT molecular complexity index is 911. The average Bonchev–Trinajstić information content (AvgIpc) is 3.07. The van der Waals surface area contributed by atoms with Gasteiger partial charge in [0, 0.05) is 25.4 Å². The zero-order chi connectivity index (χ0) is 21.9. The maximum Gasteiger partial charge on any atom is 0.417 e. The number of ether oxygens (including phenoxy) is 1. The van der Waals surface area contributed by atoms with Crippen LogP contribution in [-0.2, 0) is 15.7 Å². The molecule has 1 aliphatic rings. The molecule has 0 bridgehead atoms. The summed E-state index contributed by atoms with van der Waals surface area (Å²) in [4.78, 5) is 30.0. The number of carbonyl (C=O) groups is 2. The van der Waals surface area contributed by atoms with Crippen molar-refractivity contribution in [2.45, 2.75) is 32.9 Å². The Morgan fingerprint density at radius 3 is 2.73 bits per heavy atom. The number of amides is 2. The van der Waals surface area contributed by atoms with Crippen LogP contribution in [0.3, 0.4) is 0 Å². The third kappa shape index (κ3) is 4.89. The first-order chi connectivity index (χ1) is 14.2. The molecule has 0 saturated carbocycles. The molecule has 1 saturated heterocycles. The molecule has 0 radical (unpaired) electrons. The number of carbonyl (C=O) groups excluding carboxylic acids is 2. The van der Waals surface area contributed by atoms with Crippen molar-refractivity contribution in [1.29, 1.82) is 0 Å². The summed E-state index contributed by atoms with van der Waals surface area (Å²) in [5.74, 6) is -0.314. The number of nitrogens with zero attached hydrogens (tertiary/aromatic N) is 4. The lowest BCUT2D eigenvalue weighted by Gasteiger charge is -2.31. The number of anilines is 1. The third-order valence-electron chi connectivity index (χ3n) is 4.69. The summed E-state index contributed by atoms with van der Waals surface area (Å²) in [6, 6.07) is 3.69. The van der Waals surface area contributed by atoms with Crippen molar-refractivity contribution in [1.82, 2.24) is 19.7 Å². The fourth-order valence-electron chi connectivity index (χ4n) is 3.24. The fraction of sp³-hybridized carbons (Fsp3) is 0.474. The van der Waals surface area contributed by atoms with E-state index in [0.29, 0.717) is 25.1 Å². The molecule has 1 fully saturated rings. The summed E-state index contributed by atoms with van der Waals surface area (Å²) in [5, 5.41) is 6.97. The van der Waals surface area contributed by atoms with Gasteiger partial charge < -0.3 is 15.0 Å². The minimum atomic E-state index is -4.49. The van der Waals surface area contributed by atoms with E-state index in [4.69, 9.17) is 4.74 Å². The van der Waals surface area contributed by atoms with Crippen LogP contribution in [0.15, 0.2) is 24.4 Å². The van der Waals surface area contributed by atoms with E-state index in [1.807, 2.05) is 0 Å². The Morgan fingerprint density at radius 1 is 1.33 bits per heavy atom. The number of aryl methyl sites for hydroxylation is 1. The van der Waals surface area contributed by atoms with E-state index in [2.05, 4.69) is 15.4 Å². The molecule has 2 aromatic rings. The topological polar surface area (TPSA) is 89.4 Å². The van der Waals surface area contributed by atoms with Gasteiger partial charge in [-0.2, -0.15) is 23.0 Å². The van der Waals surface area contributed by atoms with Crippen molar-refractivity contribution in [3.05, 3.63) is 35.7 Å². The summed E-state index contributed by atoms with van der Waals surface area (Å²) in [7, 11) is 0. The summed E-state index contributed by atoms with van der Waals surface area (Å²) >= 11 is 0. The van der Waals surface area contributed by atoms with E-state index in [0.717, 1.165) is 12.3 Å². The largest absolute Gasteiger partial charge is 0.450 e. The monoisotopic (exact) mass is 425 g/mol. The van der Waals surface area contributed by atoms with Crippen molar-refractivity contribution >= 4 is 17.8 Å². The predicted octanol–water partition coefficient (Wildman–Crippen LogP) is 3.40. The molecule has 8 nitrogen and oxygen atoms in total. The van der Waals surface area contributed by atoms with Crippen LogP contribution in [-0.4, -0.2) is 51.4 Å². The predicted molar refractivity (Wildman–Crippen MR) is 101 cm³/mol. The van der Waals surface area contributed by atoms with Crippen LogP contribution in [0.2, 0.25) is 0 Å². The van der Waals surface area contributed by atoms with Crippen LogP contribution >= 0.6 is 0 Å². The highest BCUT2D eigenvalue weighted by molar-refractivity contribution is 5.92. The number of pyridine rings is 1. The van der Waals surface area contributed by atoms with E-state index < -0.39 is 23.8 Å². The van der Waals surface area contributed by atoms with Gasteiger partial charge >= 0.3 is 12.3 Å². The molecule has 11 heteroatoms. The lowest BCUT2D eigenvalue weighted by atomic mass is 9.97. The Kier molecular flexibility index (Phi) is 6.28. The molecule has 1 aliphatic heterocycles. The highest BCUT2D eigenvalue weighted by Gasteiger charge is 2.31. The Balaban J connectivity index is 1.74. The van der Waals surface area contributed by atoms with Gasteiger partial charge in [0.15, 0.2) is 5.82 Å². The maximum absolute atomic E-state index is 12.8. The maximum atomic E-state index is 12.8. The van der Waals surface area contributed by atoms with Crippen LogP contribution in [0, 0.1) is 12.8 Å². The van der Waals surface area contributed by atoms with Crippen LogP contribution < -0.4 is 5.32 Å². The Hall–Kier alpha value is -3.11. The molecule has 1 atom stereocenters. The van der Waals surface area contributed by atoms with Gasteiger partial charge in [0.2, 0.25) is 5.91 Å². The number of nitrogens with one attached hydrogen (secondary N) is 1. The summed E-state index contributed by atoms with van der Waals surface area (Å²) in [6.45, 7) is 4.42. The van der Waals surface area contributed by atoms with E-state index in [-0.39, 0.29) is 30.7 Å². The molecular weight excluding hydrogens is 403 g/mol. The SMILES string of the molecule is CCOC(=O)N1CCCC(C(=O)Nc2cc(C)nn2-c2ccc(C(F)(F)F)cn2)C1. The van der Waals surface area contributed by atoms with Crippen LogP contribution in [0.4, 0.5) is 23.8 Å². The lowest BCUT2D eigenvalue weighted by Crippen LogP contribution is -2.44. The van der Waals surface area contributed by atoms with E-state index in [1.165, 1.54) is 15.6 Å². The van der Waals surface area contributed by atoms with E-state index >= 15 is 0 Å². The number of aromatic nitrogens is 3. The second kappa shape index (κ2) is 8.72. The number of halogens is 3. The van der Waals surface area contributed by atoms with Gasteiger partial charge in [0.25, 0.3) is 0 Å². The molecule has 3 heterocycles. The normalized spacial score (nSPS) is 17.0. The zero-order valence-electron chi connectivity index (χ0n) is 16.6. The molecule has 162 valence electrons. The van der Waals surface area contributed by atoms with Gasteiger partial charge in [-0.1, -0.05) is 0 Å². The highest BCUT2D eigenvalue weighted by Crippen LogP contribution is 2.29. The summed E-state index contributed by atoms with van der Waals surface area (Å²) in [5.41, 5.74) is -0.314. The number of likely N-dealkylation sites (tertiary alicyclic amines) is 1. The van der Waals surface area contributed by atoms with Crippen molar-refractivity contribution in [3.63, 3.8) is 0 Å². The van der Waals surface area contributed by atoms with Crippen molar-refractivity contribution in [2.75, 3.05) is 25.0 Å². The third-order valence-corrected chi connectivity index (χ3v) is 4.69. The molecular formula is C19H22F3N5O3. The summed E-state index contributed by atoms with van der Waals surface area (Å²) < 4.78 is 44.6. The second-order valence-electron chi connectivity index (χ2n) is 6.96. The number of rotatable bonds is 4. The van der Waals surface area contributed by atoms with Crippen LogP contribution in [0.25, 0.3) is 5.82 Å². The number of alkyl halides is 3. The number of hydrogen-bond acceptors (Lipinski definition) is 5. The molecule has 0 aliphatic carbocycles. The van der Waals surface area contributed by atoms with Crippen LogP contribution in [0.1, 0.15) is 31.0 Å². The lowest BCUT2D eigenvalue weighted by molar-refractivity contribution is -0.137. The quantitative estimate of drug-likeness (QED) is 0.811. The highest BCUT2D eigenvalue weighted by atomic mass is 19.4. The summed E-state index contributed by atoms with van der Waals surface area (Å²) in [6.07, 6.45) is -2.96. The Labute approximate surface area is 171 Å². The second-order valence-corrected chi connectivity index (χ2v) is 6.96. The van der Waals surface area contributed by atoms with Gasteiger partial charge in [-0.25, -0.2) is 9.78 Å². The zero-order valence-corrected chi connectivity index (χ0v) is 16.6. The molecule has 3 rings (SSSR count). The minimum absolute atomic E-state index is 0.142. The molecule has 1 N–H and O–H groups in total. The van der Waals surface area contributed by atoms with Gasteiger partial charge in [0.1, 0.15) is 5.82 Å². The van der Waals surface area contributed by atoms with Gasteiger partial charge in [-0.05, 0) is 38.8 Å². The first kappa shape index (κ1) is 21.6. The number of hydrogen-bond donors (Lipinski definition) is 1. The number of piperidine rings is 1. The van der Waals surface area contributed by atoms with Crippen molar-refractivity contribution in [3.8, 4) is 5.82 Å². The van der Waals surface area contributed by atoms with Crippen molar-refractivity contribution in [2.24, 2.45) is 5.92 Å². The molecule has 0 spiro atoms. The minimum Gasteiger partial charge on any atom is -0.450 e. The van der Waals surface area contributed by atoms with Gasteiger partial charge in [-0.3, -0.25) is 4.79 Å². The molecule has 2 aromatic heterocycles. The average molecular weight is 425 g/mol. The Morgan fingerprint density at radius 2 is 2.10 bits per heavy atom.